The smallest absolute Gasteiger partial charge is 0.271 e. The predicted molar refractivity (Wildman–Crippen MR) is 110 cm³/mol. The van der Waals surface area contributed by atoms with Crippen molar-refractivity contribution in [3.05, 3.63) is 77.9 Å². The second kappa shape index (κ2) is 8.41. The molecule has 0 aliphatic rings. The highest BCUT2D eigenvalue weighted by Gasteiger charge is 2.24. The number of nitrogens with two attached hydrogens (primary N) is 1. The molecule has 2 heterocycles. The highest BCUT2D eigenvalue weighted by molar-refractivity contribution is 5.77. The van der Waals surface area contributed by atoms with Gasteiger partial charge in [0.2, 0.25) is 0 Å². The molecular weight excluding hydrogens is 364 g/mol. The third kappa shape index (κ3) is 4.12. The van der Waals surface area contributed by atoms with Crippen LogP contribution < -0.4 is 5.32 Å². The SMILES string of the molecule is Cc1onc(-c2ccccc2)c1-c1nnc(C[NH2+][C@@H](c2ccccc2)C(C)C)o1. The fourth-order valence-corrected chi connectivity index (χ4v) is 3.55. The van der Waals surface area contributed by atoms with E-state index in [9.17, 15) is 0 Å². The number of aromatic nitrogens is 3. The molecule has 0 fully saturated rings. The van der Waals surface area contributed by atoms with Gasteiger partial charge >= 0.3 is 0 Å². The molecule has 0 saturated heterocycles. The van der Waals surface area contributed by atoms with Gasteiger partial charge in [-0.3, -0.25) is 0 Å². The molecule has 4 aromatic rings. The van der Waals surface area contributed by atoms with Crippen molar-refractivity contribution in [2.24, 2.45) is 5.92 Å². The van der Waals surface area contributed by atoms with E-state index in [0.717, 1.165) is 11.1 Å². The minimum absolute atomic E-state index is 0.323. The lowest BCUT2D eigenvalue weighted by atomic mass is 9.96. The summed E-state index contributed by atoms with van der Waals surface area (Å²) in [6, 6.07) is 20.7. The number of benzene rings is 2. The molecule has 29 heavy (non-hydrogen) atoms. The Balaban J connectivity index is 1.55. The van der Waals surface area contributed by atoms with E-state index in [4.69, 9.17) is 8.94 Å². The van der Waals surface area contributed by atoms with Crippen molar-refractivity contribution in [2.75, 3.05) is 0 Å². The fraction of sp³-hybridized carbons (Fsp3) is 0.261. The molecule has 6 heteroatoms. The van der Waals surface area contributed by atoms with Crippen LogP contribution in [0.5, 0.6) is 0 Å². The third-order valence-electron chi connectivity index (χ3n) is 5.04. The maximum Gasteiger partial charge on any atom is 0.271 e. The predicted octanol–water partition coefficient (Wildman–Crippen LogP) is 4.16. The van der Waals surface area contributed by atoms with Crippen LogP contribution >= 0.6 is 0 Å². The van der Waals surface area contributed by atoms with Crippen LogP contribution in [0.25, 0.3) is 22.7 Å². The van der Waals surface area contributed by atoms with Crippen molar-refractivity contribution in [1.29, 1.82) is 0 Å². The van der Waals surface area contributed by atoms with Gasteiger partial charge in [-0.15, -0.1) is 10.2 Å². The van der Waals surface area contributed by atoms with Gasteiger partial charge in [0.15, 0.2) is 6.54 Å². The molecule has 0 saturated carbocycles. The summed E-state index contributed by atoms with van der Waals surface area (Å²) in [6.45, 7) is 6.91. The van der Waals surface area contributed by atoms with Gasteiger partial charge in [0.05, 0.1) is 0 Å². The van der Waals surface area contributed by atoms with Gasteiger partial charge in [0.1, 0.15) is 23.1 Å². The van der Waals surface area contributed by atoms with Crippen LogP contribution in [-0.2, 0) is 6.54 Å². The van der Waals surface area contributed by atoms with Gasteiger partial charge in [0.25, 0.3) is 11.8 Å². The monoisotopic (exact) mass is 389 g/mol. The number of aryl methyl sites for hydroxylation is 1. The zero-order valence-corrected chi connectivity index (χ0v) is 16.9. The van der Waals surface area contributed by atoms with Gasteiger partial charge in [-0.1, -0.05) is 79.7 Å². The number of nitrogens with zero attached hydrogens (tertiary/aromatic N) is 3. The maximum absolute atomic E-state index is 5.98. The zero-order chi connectivity index (χ0) is 20.2. The van der Waals surface area contributed by atoms with Crippen LogP contribution in [-0.4, -0.2) is 15.4 Å². The molecule has 0 unspecified atom stereocenters. The summed E-state index contributed by atoms with van der Waals surface area (Å²) in [5.74, 6) is 2.16. The van der Waals surface area contributed by atoms with Crippen LogP contribution in [0, 0.1) is 12.8 Å². The Hall–Kier alpha value is -3.25. The molecule has 0 aliphatic carbocycles. The molecule has 2 aromatic carbocycles. The average molecular weight is 389 g/mol. The molecule has 2 aromatic heterocycles. The van der Waals surface area contributed by atoms with E-state index in [0.29, 0.717) is 41.7 Å². The van der Waals surface area contributed by atoms with E-state index in [1.807, 2.05) is 43.3 Å². The van der Waals surface area contributed by atoms with Crippen LogP contribution in [0.4, 0.5) is 0 Å². The second-order valence-electron chi connectivity index (χ2n) is 7.45. The first-order valence-electron chi connectivity index (χ1n) is 9.86. The molecule has 0 radical (unpaired) electrons. The lowest BCUT2D eigenvalue weighted by Crippen LogP contribution is -2.84. The summed E-state index contributed by atoms with van der Waals surface area (Å²) >= 11 is 0. The molecule has 1 atom stereocenters. The van der Waals surface area contributed by atoms with E-state index in [1.165, 1.54) is 5.56 Å². The lowest BCUT2D eigenvalue weighted by molar-refractivity contribution is -0.719. The van der Waals surface area contributed by atoms with Crippen molar-refractivity contribution in [3.8, 4) is 22.7 Å². The number of hydrogen-bond acceptors (Lipinski definition) is 5. The molecule has 2 N–H and O–H groups in total. The quantitative estimate of drug-likeness (QED) is 0.513. The highest BCUT2D eigenvalue weighted by atomic mass is 16.5. The molecule has 0 bridgehead atoms. The van der Waals surface area contributed by atoms with Crippen LogP contribution in [0.3, 0.4) is 0 Å². The largest absolute Gasteiger partial charge is 0.415 e. The minimum Gasteiger partial charge on any atom is -0.415 e. The van der Waals surface area contributed by atoms with Crippen molar-refractivity contribution in [3.63, 3.8) is 0 Å². The van der Waals surface area contributed by atoms with Gasteiger partial charge < -0.3 is 14.3 Å². The van der Waals surface area contributed by atoms with Crippen molar-refractivity contribution in [1.82, 2.24) is 15.4 Å². The Bertz CT molecular complexity index is 1050. The molecular formula is C23H25N4O2+. The first-order chi connectivity index (χ1) is 14.1. The molecule has 4 rings (SSSR count). The summed E-state index contributed by atoms with van der Waals surface area (Å²) in [7, 11) is 0. The first-order valence-corrected chi connectivity index (χ1v) is 9.86. The van der Waals surface area contributed by atoms with Gasteiger partial charge in [-0.05, 0) is 6.92 Å². The van der Waals surface area contributed by atoms with Gasteiger partial charge in [-0.2, -0.15) is 0 Å². The lowest BCUT2D eigenvalue weighted by Gasteiger charge is -2.18. The molecule has 0 spiro atoms. The van der Waals surface area contributed by atoms with E-state index in [-0.39, 0.29) is 0 Å². The Morgan fingerprint density at radius 1 is 0.931 bits per heavy atom. The van der Waals surface area contributed by atoms with Crippen molar-refractivity contribution >= 4 is 0 Å². The Kier molecular flexibility index (Phi) is 5.53. The Labute approximate surface area is 170 Å². The van der Waals surface area contributed by atoms with Crippen LogP contribution in [0.1, 0.15) is 37.1 Å². The summed E-state index contributed by atoms with van der Waals surface area (Å²) in [5.41, 5.74) is 3.71. The highest BCUT2D eigenvalue weighted by Crippen LogP contribution is 2.33. The van der Waals surface area contributed by atoms with Gasteiger partial charge in [-0.25, -0.2) is 0 Å². The van der Waals surface area contributed by atoms with Crippen LogP contribution in [0.2, 0.25) is 0 Å². The topological polar surface area (TPSA) is 81.6 Å². The first kappa shape index (κ1) is 19.1. The molecule has 6 nitrogen and oxygen atoms in total. The Morgan fingerprint density at radius 3 is 2.31 bits per heavy atom. The van der Waals surface area contributed by atoms with E-state index < -0.39 is 0 Å². The Morgan fingerprint density at radius 2 is 1.62 bits per heavy atom. The third-order valence-corrected chi connectivity index (χ3v) is 5.04. The summed E-state index contributed by atoms with van der Waals surface area (Å²) in [5, 5.41) is 15.0. The zero-order valence-electron chi connectivity index (χ0n) is 16.9. The maximum atomic E-state index is 5.98. The van der Waals surface area contributed by atoms with E-state index >= 15 is 0 Å². The summed E-state index contributed by atoms with van der Waals surface area (Å²) < 4.78 is 11.4. The fourth-order valence-electron chi connectivity index (χ4n) is 3.55. The number of hydrogen-bond donors (Lipinski definition) is 1. The summed E-state index contributed by atoms with van der Waals surface area (Å²) in [4.78, 5) is 0. The molecule has 0 amide bonds. The van der Waals surface area contributed by atoms with E-state index in [1.54, 1.807) is 0 Å². The minimum atomic E-state index is 0.323. The second-order valence-corrected chi connectivity index (χ2v) is 7.45. The molecule has 0 aliphatic heterocycles. The standard InChI is InChI=1S/C23H24N4O2/c1-15(2)21(17-10-6-4-7-11-17)24-14-19-25-26-23(28-19)20-16(3)29-27-22(20)18-12-8-5-9-13-18/h4-13,15,21,24H,14H2,1-3H3/p+1/t21-/m1/s1. The normalized spacial score (nSPS) is 12.4. The van der Waals surface area contributed by atoms with Crippen molar-refractivity contribution in [2.45, 2.75) is 33.4 Å². The number of rotatable bonds is 7. The molecule has 148 valence electrons. The number of quaternary nitrogens is 1. The van der Waals surface area contributed by atoms with E-state index in [2.05, 4.69) is 58.8 Å². The summed E-state index contributed by atoms with van der Waals surface area (Å²) in [6.07, 6.45) is 0. The van der Waals surface area contributed by atoms with Crippen molar-refractivity contribution < 1.29 is 14.3 Å². The average Bonchev–Trinajstić information content (AvgIpc) is 3.35. The van der Waals surface area contributed by atoms with Gasteiger partial charge in [0, 0.05) is 17.0 Å². The van der Waals surface area contributed by atoms with Crippen LogP contribution in [0.15, 0.2) is 69.6 Å².